The van der Waals surface area contributed by atoms with Crippen LogP contribution < -0.4 is 11.5 Å². The van der Waals surface area contributed by atoms with Gasteiger partial charge in [-0.25, -0.2) is 0 Å². The molecule has 2 amide bonds. The van der Waals surface area contributed by atoms with Gasteiger partial charge in [0, 0.05) is 12.0 Å². The van der Waals surface area contributed by atoms with E-state index >= 15 is 0 Å². The molecule has 1 unspecified atom stereocenters. The molecule has 0 fully saturated rings. The molecule has 6 N–H and O–H groups in total. The molecule has 0 aromatic carbocycles. The molecular weight excluding hydrogens is 294 g/mol. The summed E-state index contributed by atoms with van der Waals surface area (Å²) in [6.45, 7) is -0.825. The SMILES string of the molecule is NC(=O)CC[C@H](N)C(=O)N1CC(C(F)(F)F)=CC1B(O)O. The highest BCUT2D eigenvalue weighted by atomic mass is 19.4. The third-order valence-electron chi connectivity index (χ3n) is 3.04. The average Bonchev–Trinajstić information content (AvgIpc) is 2.79. The zero-order chi connectivity index (χ0) is 16.4. The molecule has 11 heteroatoms. The first-order valence-corrected chi connectivity index (χ1v) is 6.02. The van der Waals surface area contributed by atoms with Gasteiger partial charge >= 0.3 is 13.3 Å². The van der Waals surface area contributed by atoms with E-state index in [1.54, 1.807) is 0 Å². The van der Waals surface area contributed by atoms with E-state index in [1.807, 2.05) is 0 Å². The average molecular weight is 309 g/mol. The molecule has 0 spiro atoms. The molecule has 1 heterocycles. The fourth-order valence-corrected chi connectivity index (χ4v) is 1.93. The molecule has 1 aliphatic heterocycles. The van der Waals surface area contributed by atoms with Gasteiger partial charge in [-0.3, -0.25) is 9.59 Å². The van der Waals surface area contributed by atoms with Gasteiger partial charge in [-0.2, -0.15) is 13.2 Å². The van der Waals surface area contributed by atoms with Crippen molar-refractivity contribution in [3.63, 3.8) is 0 Å². The van der Waals surface area contributed by atoms with Gasteiger partial charge in [-0.1, -0.05) is 6.08 Å². The molecule has 7 nitrogen and oxygen atoms in total. The lowest BCUT2D eigenvalue weighted by molar-refractivity contribution is -0.133. The van der Waals surface area contributed by atoms with Crippen molar-refractivity contribution in [2.45, 2.75) is 31.0 Å². The maximum absolute atomic E-state index is 12.6. The molecule has 0 saturated carbocycles. The number of rotatable bonds is 5. The second-order valence-electron chi connectivity index (χ2n) is 4.67. The Morgan fingerprint density at radius 2 is 2.05 bits per heavy atom. The number of alkyl halides is 3. The number of hydrogen-bond donors (Lipinski definition) is 4. The topological polar surface area (TPSA) is 130 Å². The van der Waals surface area contributed by atoms with E-state index in [0.717, 1.165) is 0 Å². The molecule has 1 rings (SSSR count). The number of nitrogens with two attached hydrogens (primary N) is 2. The van der Waals surface area contributed by atoms with Crippen LogP contribution in [0.2, 0.25) is 0 Å². The minimum atomic E-state index is -4.68. The van der Waals surface area contributed by atoms with Crippen molar-refractivity contribution in [2.75, 3.05) is 6.54 Å². The van der Waals surface area contributed by atoms with Crippen LogP contribution in [0.15, 0.2) is 11.6 Å². The largest absolute Gasteiger partial charge is 0.479 e. The van der Waals surface area contributed by atoms with E-state index in [4.69, 9.17) is 21.5 Å². The van der Waals surface area contributed by atoms with Gasteiger partial charge in [-0.15, -0.1) is 0 Å². The molecule has 0 aromatic heterocycles. The molecule has 118 valence electrons. The van der Waals surface area contributed by atoms with Crippen LogP contribution in [0.5, 0.6) is 0 Å². The van der Waals surface area contributed by atoms with Crippen LogP contribution in [0.25, 0.3) is 0 Å². The van der Waals surface area contributed by atoms with Gasteiger partial charge in [0.05, 0.1) is 18.5 Å². The Kier molecular flexibility index (Phi) is 5.37. The van der Waals surface area contributed by atoms with Gasteiger partial charge in [0.2, 0.25) is 11.8 Å². The standard InChI is InChI=1S/C10H15BF3N3O4/c12-10(13,14)5-3-7(11(20)21)17(4-5)9(19)6(15)1-2-8(16)18/h3,6-7,20-21H,1-2,4,15H2,(H2,16,18)/t6-,7?/m0/s1. The predicted octanol–water partition coefficient (Wildman–Crippen LogP) is -1.71. The van der Waals surface area contributed by atoms with Gasteiger partial charge < -0.3 is 26.4 Å². The van der Waals surface area contributed by atoms with Gasteiger partial charge in [0.25, 0.3) is 0 Å². The van der Waals surface area contributed by atoms with Gasteiger partial charge in [0.1, 0.15) is 0 Å². The quantitative estimate of drug-likeness (QED) is 0.355. The second-order valence-corrected chi connectivity index (χ2v) is 4.67. The van der Waals surface area contributed by atoms with E-state index in [9.17, 15) is 22.8 Å². The second kappa shape index (κ2) is 6.45. The fourth-order valence-electron chi connectivity index (χ4n) is 1.93. The lowest BCUT2D eigenvalue weighted by Crippen LogP contribution is -2.52. The Balaban J connectivity index is 2.82. The van der Waals surface area contributed by atoms with E-state index in [2.05, 4.69) is 0 Å². The first kappa shape index (κ1) is 17.5. The van der Waals surface area contributed by atoms with Crippen molar-refractivity contribution in [2.24, 2.45) is 11.5 Å². The minimum Gasteiger partial charge on any atom is -0.426 e. The Labute approximate surface area is 118 Å². The van der Waals surface area contributed by atoms with Crippen molar-refractivity contribution in [3.8, 4) is 0 Å². The molecule has 1 aliphatic rings. The lowest BCUT2D eigenvalue weighted by atomic mass is 9.79. The lowest BCUT2D eigenvalue weighted by Gasteiger charge is -2.27. The predicted molar refractivity (Wildman–Crippen MR) is 66.2 cm³/mol. The smallest absolute Gasteiger partial charge is 0.426 e. The third-order valence-corrected chi connectivity index (χ3v) is 3.04. The van der Waals surface area contributed by atoms with Crippen molar-refractivity contribution in [3.05, 3.63) is 11.6 Å². The molecule has 21 heavy (non-hydrogen) atoms. The molecule has 0 bridgehead atoms. The Morgan fingerprint density at radius 1 is 1.48 bits per heavy atom. The van der Waals surface area contributed by atoms with E-state index in [0.29, 0.717) is 11.0 Å². The van der Waals surface area contributed by atoms with Crippen molar-refractivity contribution < 1.29 is 32.8 Å². The summed E-state index contributed by atoms with van der Waals surface area (Å²) in [6.07, 6.45) is -4.45. The number of carbonyl (C=O) groups is 2. The summed E-state index contributed by atoms with van der Waals surface area (Å²) in [5.74, 6) is -3.15. The summed E-state index contributed by atoms with van der Waals surface area (Å²) in [6, 6.07) is -1.25. The van der Waals surface area contributed by atoms with Crippen LogP contribution in [-0.4, -0.2) is 58.6 Å². The number of carbonyl (C=O) groups excluding carboxylic acids is 2. The van der Waals surface area contributed by atoms with E-state index in [1.165, 1.54) is 0 Å². The summed E-state index contributed by atoms with van der Waals surface area (Å²) < 4.78 is 37.9. The van der Waals surface area contributed by atoms with E-state index in [-0.39, 0.29) is 12.8 Å². The molecular formula is C10H15BF3N3O4. The van der Waals surface area contributed by atoms with Crippen molar-refractivity contribution in [1.82, 2.24) is 4.90 Å². The van der Waals surface area contributed by atoms with Crippen LogP contribution in [-0.2, 0) is 9.59 Å². The van der Waals surface area contributed by atoms with Crippen LogP contribution in [0.4, 0.5) is 13.2 Å². The maximum Gasteiger partial charge on any atom is 0.479 e. The molecule has 0 aromatic rings. The van der Waals surface area contributed by atoms with Gasteiger partial charge in [-0.05, 0) is 6.42 Å². The summed E-state index contributed by atoms with van der Waals surface area (Å²) in [5.41, 5.74) is 9.33. The fraction of sp³-hybridized carbons (Fsp3) is 0.600. The van der Waals surface area contributed by atoms with E-state index < -0.39 is 49.2 Å². The first-order chi connectivity index (χ1) is 9.54. The zero-order valence-corrected chi connectivity index (χ0v) is 10.9. The number of nitrogens with zero attached hydrogens (tertiary/aromatic N) is 1. The molecule has 2 atom stereocenters. The van der Waals surface area contributed by atoms with Crippen molar-refractivity contribution in [1.29, 1.82) is 0 Å². The molecule has 0 aliphatic carbocycles. The van der Waals surface area contributed by atoms with Crippen LogP contribution in [0.3, 0.4) is 0 Å². The summed E-state index contributed by atoms with van der Waals surface area (Å²) in [4.78, 5) is 23.2. The molecule has 0 saturated heterocycles. The first-order valence-electron chi connectivity index (χ1n) is 6.02. The number of primary amides is 1. The third kappa shape index (κ3) is 4.44. The monoisotopic (exact) mass is 309 g/mol. The number of amides is 2. The molecule has 0 radical (unpaired) electrons. The summed E-state index contributed by atoms with van der Waals surface area (Å²) in [5, 5.41) is 18.2. The maximum atomic E-state index is 12.6. The van der Waals surface area contributed by atoms with Crippen molar-refractivity contribution >= 4 is 18.9 Å². The Bertz CT molecular complexity index is 455. The minimum absolute atomic E-state index is 0.139. The highest BCUT2D eigenvalue weighted by Gasteiger charge is 2.45. The summed E-state index contributed by atoms with van der Waals surface area (Å²) >= 11 is 0. The van der Waals surface area contributed by atoms with Crippen LogP contribution in [0, 0.1) is 0 Å². The number of halogens is 3. The highest BCUT2D eigenvalue weighted by molar-refractivity contribution is 6.44. The Morgan fingerprint density at radius 3 is 2.48 bits per heavy atom. The van der Waals surface area contributed by atoms with Crippen LogP contribution >= 0.6 is 0 Å². The number of hydrogen-bond acceptors (Lipinski definition) is 5. The van der Waals surface area contributed by atoms with Gasteiger partial charge in [0.15, 0.2) is 0 Å². The zero-order valence-electron chi connectivity index (χ0n) is 10.9. The van der Waals surface area contributed by atoms with Crippen LogP contribution in [0.1, 0.15) is 12.8 Å². The Hall–Kier alpha value is -1.59. The normalized spacial score (nSPS) is 20.2. The highest BCUT2D eigenvalue weighted by Crippen LogP contribution is 2.32. The summed E-state index contributed by atoms with van der Waals surface area (Å²) in [7, 11) is -2.17.